The van der Waals surface area contributed by atoms with Gasteiger partial charge in [-0.1, -0.05) is 11.6 Å². The number of nitrogens with zero attached hydrogens (tertiary/aromatic N) is 6. The molecule has 59 heavy (non-hydrogen) atoms. The van der Waals surface area contributed by atoms with Crippen LogP contribution < -0.4 is 25.0 Å². The molecule has 308 valence electrons. The number of anilines is 3. The number of imide groups is 2. The topological polar surface area (TPSA) is 150 Å². The van der Waals surface area contributed by atoms with E-state index in [2.05, 4.69) is 30.4 Å². The first-order valence-corrected chi connectivity index (χ1v) is 20.4. The standard InChI is InChI=1S/C42H43ClF2N8O6/c1-58-36-18-33-29(39(47-22-46-33)48-24-3-4-31(44)30(43)13-24)17-37(36)59-12-2-9-50-10-7-23(8-11-50)19-51-20-25-14-26(21-51)52(25)35-16-28-27(15-32(35)45)41(56)53(42(28)57)34-5-6-38(54)49-40(34)55/h3-4,13,15-18,22-23,25-26,34H,2,5-12,14,19-21H2,1H3,(H,46,47,48)(H,49,54,55). The van der Waals surface area contributed by atoms with E-state index in [4.69, 9.17) is 21.1 Å². The number of piperazine rings is 1. The molecule has 0 spiro atoms. The maximum absolute atomic E-state index is 15.6. The van der Waals surface area contributed by atoms with E-state index in [1.165, 1.54) is 24.5 Å². The Morgan fingerprint density at radius 1 is 0.898 bits per heavy atom. The number of methoxy groups -OCH3 is 1. The van der Waals surface area contributed by atoms with Crippen LogP contribution in [0.25, 0.3) is 10.9 Å². The molecule has 6 aliphatic heterocycles. The van der Waals surface area contributed by atoms with Gasteiger partial charge in [-0.25, -0.2) is 18.7 Å². The van der Waals surface area contributed by atoms with Crippen LogP contribution in [0.3, 0.4) is 0 Å². The number of hydrogen-bond acceptors (Lipinski definition) is 12. The third kappa shape index (κ3) is 7.53. The molecule has 2 N–H and O–H groups in total. The van der Waals surface area contributed by atoms with Crippen molar-refractivity contribution in [1.29, 1.82) is 0 Å². The number of halogens is 3. The number of amides is 4. The van der Waals surface area contributed by atoms with Crippen molar-refractivity contribution in [1.82, 2.24) is 30.0 Å². The molecule has 2 bridgehead atoms. The molecule has 17 heteroatoms. The van der Waals surface area contributed by atoms with Crippen LogP contribution in [0, 0.1) is 17.6 Å². The minimum absolute atomic E-state index is 0.00672. The lowest BCUT2D eigenvalue weighted by molar-refractivity contribution is -0.136. The summed E-state index contributed by atoms with van der Waals surface area (Å²) in [5.41, 5.74) is 1.61. The normalized spacial score (nSPS) is 22.4. The lowest BCUT2D eigenvalue weighted by atomic mass is 9.85. The van der Waals surface area contributed by atoms with Gasteiger partial charge in [0.05, 0.1) is 41.1 Å². The van der Waals surface area contributed by atoms with E-state index in [0.717, 1.165) is 75.9 Å². The highest BCUT2D eigenvalue weighted by atomic mass is 35.5. The molecule has 4 aromatic rings. The molecule has 0 aliphatic carbocycles. The van der Waals surface area contributed by atoms with Gasteiger partial charge < -0.3 is 24.6 Å². The fourth-order valence-corrected chi connectivity index (χ4v) is 9.47. The third-order valence-corrected chi connectivity index (χ3v) is 12.5. The number of nitrogens with one attached hydrogen (secondary N) is 2. The van der Waals surface area contributed by atoms with Crippen molar-refractivity contribution < 1.29 is 37.4 Å². The predicted molar refractivity (Wildman–Crippen MR) is 214 cm³/mol. The highest BCUT2D eigenvalue weighted by Crippen LogP contribution is 2.42. The molecule has 0 radical (unpaired) electrons. The van der Waals surface area contributed by atoms with E-state index in [9.17, 15) is 23.6 Å². The summed E-state index contributed by atoms with van der Waals surface area (Å²) in [4.78, 5) is 67.3. The summed E-state index contributed by atoms with van der Waals surface area (Å²) in [6.45, 7) is 5.96. The Hall–Kier alpha value is -5.45. The lowest BCUT2D eigenvalue weighted by Gasteiger charge is -2.58. The Balaban J connectivity index is 0.745. The fraction of sp³-hybridized carbons (Fsp3) is 0.429. The van der Waals surface area contributed by atoms with E-state index in [-0.39, 0.29) is 41.1 Å². The van der Waals surface area contributed by atoms with Gasteiger partial charge in [0.1, 0.15) is 29.8 Å². The van der Waals surface area contributed by atoms with Crippen molar-refractivity contribution >= 4 is 63.3 Å². The van der Waals surface area contributed by atoms with Gasteiger partial charge in [0.25, 0.3) is 11.8 Å². The molecule has 3 atom stereocenters. The van der Waals surface area contributed by atoms with Gasteiger partial charge in [0, 0.05) is 61.8 Å². The quantitative estimate of drug-likeness (QED) is 0.144. The van der Waals surface area contributed by atoms with E-state index in [1.54, 1.807) is 19.2 Å². The number of piperidine rings is 3. The molecule has 3 aromatic carbocycles. The monoisotopic (exact) mass is 828 g/mol. The molecule has 3 unspecified atom stereocenters. The van der Waals surface area contributed by atoms with E-state index in [0.29, 0.717) is 52.1 Å². The summed E-state index contributed by atoms with van der Waals surface area (Å²) in [7, 11) is 1.59. The second-order valence-corrected chi connectivity index (χ2v) is 16.4. The minimum atomic E-state index is -1.09. The zero-order valence-corrected chi connectivity index (χ0v) is 33.1. The maximum atomic E-state index is 15.6. The molecule has 5 saturated heterocycles. The summed E-state index contributed by atoms with van der Waals surface area (Å²) in [6.07, 6.45) is 5.45. The van der Waals surface area contributed by atoms with Gasteiger partial charge in [-0.05, 0) is 87.5 Å². The zero-order valence-electron chi connectivity index (χ0n) is 32.4. The number of rotatable bonds is 12. The molecule has 10 rings (SSSR count). The Bertz CT molecular complexity index is 2350. The maximum Gasteiger partial charge on any atom is 0.262 e. The van der Waals surface area contributed by atoms with Gasteiger partial charge in [-0.3, -0.25) is 34.3 Å². The number of hydrogen-bond donors (Lipinski definition) is 2. The predicted octanol–water partition coefficient (Wildman–Crippen LogP) is 5.16. The molecular weight excluding hydrogens is 786 g/mol. The van der Waals surface area contributed by atoms with Gasteiger partial charge in [0.15, 0.2) is 11.5 Å². The number of aromatic nitrogens is 2. The van der Waals surface area contributed by atoms with Crippen molar-refractivity contribution in [3.05, 3.63) is 76.6 Å². The third-order valence-electron chi connectivity index (χ3n) is 12.3. The van der Waals surface area contributed by atoms with Crippen molar-refractivity contribution in [2.45, 2.75) is 56.7 Å². The van der Waals surface area contributed by atoms with Crippen LogP contribution in [0.15, 0.2) is 48.8 Å². The number of carbonyl (C=O) groups is 4. The Kier molecular flexibility index (Phi) is 10.6. The van der Waals surface area contributed by atoms with E-state index in [1.807, 2.05) is 11.0 Å². The lowest BCUT2D eigenvalue weighted by Crippen LogP contribution is -2.69. The van der Waals surface area contributed by atoms with Crippen LogP contribution in [0.4, 0.5) is 26.0 Å². The van der Waals surface area contributed by atoms with Crippen LogP contribution in [0.5, 0.6) is 11.5 Å². The number of ether oxygens (including phenoxy) is 2. The molecule has 5 fully saturated rings. The van der Waals surface area contributed by atoms with Crippen molar-refractivity contribution in [3.8, 4) is 11.5 Å². The summed E-state index contributed by atoms with van der Waals surface area (Å²) >= 11 is 5.98. The summed E-state index contributed by atoms with van der Waals surface area (Å²) < 4.78 is 41.2. The van der Waals surface area contributed by atoms with Crippen molar-refractivity contribution in [3.63, 3.8) is 0 Å². The highest BCUT2D eigenvalue weighted by Gasteiger charge is 2.49. The average molecular weight is 829 g/mol. The second-order valence-electron chi connectivity index (χ2n) is 15.9. The van der Waals surface area contributed by atoms with Crippen molar-refractivity contribution in [2.24, 2.45) is 5.92 Å². The average Bonchev–Trinajstić information content (AvgIpc) is 3.45. The first-order chi connectivity index (χ1) is 28.5. The second kappa shape index (κ2) is 16.0. The first kappa shape index (κ1) is 39.0. The minimum Gasteiger partial charge on any atom is -0.493 e. The number of benzene rings is 3. The smallest absolute Gasteiger partial charge is 0.262 e. The Labute approximate surface area is 343 Å². The van der Waals surface area contributed by atoms with Gasteiger partial charge >= 0.3 is 0 Å². The molecule has 6 aliphatic rings. The molecule has 14 nitrogen and oxygen atoms in total. The van der Waals surface area contributed by atoms with Gasteiger partial charge in [-0.2, -0.15) is 0 Å². The number of carbonyl (C=O) groups excluding carboxylic acids is 4. The summed E-state index contributed by atoms with van der Waals surface area (Å²) in [5, 5.41) is 6.11. The largest absolute Gasteiger partial charge is 0.493 e. The molecular formula is C42H43ClF2N8O6. The van der Waals surface area contributed by atoms with Crippen LogP contribution in [0.1, 0.15) is 59.2 Å². The van der Waals surface area contributed by atoms with Crippen LogP contribution >= 0.6 is 11.6 Å². The zero-order chi connectivity index (χ0) is 40.9. The fourth-order valence-electron chi connectivity index (χ4n) is 9.29. The summed E-state index contributed by atoms with van der Waals surface area (Å²) in [5.74, 6) is -1.32. The highest BCUT2D eigenvalue weighted by molar-refractivity contribution is 6.31. The Morgan fingerprint density at radius 2 is 1.66 bits per heavy atom. The Morgan fingerprint density at radius 3 is 2.39 bits per heavy atom. The first-order valence-electron chi connectivity index (χ1n) is 20.0. The molecule has 0 saturated carbocycles. The van der Waals surface area contributed by atoms with E-state index < -0.39 is 41.3 Å². The molecule has 7 heterocycles. The molecule has 1 aromatic heterocycles. The van der Waals surface area contributed by atoms with Gasteiger partial charge in [0.2, 0.25) is 11.8 Å². The van der Waals surface area contributed by atoms with E-state index >= 15 is 4.39 Å². The van der Waals surface area contributed by atoms with Crippen LogP contribution in [-0.4, -0.2) is 119 Å². The summed E-state index contributed by atoms with van der Waals surface area (Å²) in [6, 6.07) is 9.74. The molecule has 4 amide bonds. The van der Waals surface area contributed by atoms with Crippen molar-refractivity contribution in [2.75, 3.05) is 63.2 Å². The van der Waals surface area contributed by atoms with Gasteiger partial charge in [-0.15, -0.1) is 0 Å². The van der Waals surface area contributed by atoms with Crippen LogP contribution in [-0.2, 0) is 9.59 Å². The number of fused-ring (bicyclic) bond motifs is 4. The SMILES string of the molecule is COc1cc2ncnc(Nc3ccc(F)c(Cl)c3)c2cc1OCCCN1CCC(CN2CC3CC(C2)N3c2cc3c(cc2F)C(=O)N(C2CCC(=O)NC2=O)C3=O)CC1. The van der Waals surface area contributed by atoms with Crippen LogP contribution in [0.2, 0.25) is 5.02 Å². The number of likely N-dealkylation sites (tertiary alicyclic amines) is 1.